The molecule has 3 N–H and O–H groups in total. The number of hydrogen-bond donors (Lipinski definition) is 3. The van der Waals surface area contributed by atoms with Gasteiger partial charge in [0.25, 0.3) is 5.91 Å². The molecule has 0 fully saturated rings. The van der Waals surface area contributed by atoms with Crippen LogP contribution in [0, 0.1) is 0 Å². The summed E-state index contributed by atoms with van der Waals surface area (Å²) in [6, 6.07) is 14.1. The molecule has 0 spiro atoms. The fourth-order valence-electron chi connectivity index (χ4n) is 3.47. The van der Waals surface area contributed by atoms with E-state index in [4.69, 9.17) is 9.47 Å². The molecule has 0 saturated carbocycles. The van der Waals surface area contributed by atoms with Crippen molar-refractivity contribution in [1.29, 1.82) is 0 Å². The van der Waals surface area contributed by atoms with E-state index >= 15 is 0 Å². The van der Waals surface area contributed by atoms with E-state index in [1.807, 2.05) is 43.6 Å². The van der Waals surface area contributed by atoms with Gasteiger partial charge in [-0.2, -0.15) is 0 Å². The Labute approximate surface area is 158 Å². The maximum absolute atomic E-state index is 12.2. The molecule has 140 valence electrons. The quantitative estimate of drug-likeness (QED) is 0.590. The summed E-state index contributed by atoms with van der Waals surface area (Å²) in [5, 5.41) is 4.25. The van der Waals surface area contributed by atoms with Crippen molar-refractivity contribution >= 4 is 16.8 Å². The van der Waals surface area contributed by atoms with Crippen LogP contribution in [0.25, 0.3) is 10.9 Å². The van der Waals surface area contributed by atoms with E-state index in [2.05, 4.69) is 22.4 Å². The third kappa shape index (κ3) is 4.06. The summed E-state index contributed by atoms with van der Waals surface area (Å²) < 4.78 is 10.7. The smallest absolute Gasteiger partial charge is 0.275 e. The first kappa shape index (κ1) is 17.4. The second-order valence-corrected chi connectivity index (χ2v) is 6.96. The Kier molecular flexibility index (Phi) is 4.98. The maximum Gasteiger partial charge on any atom is 0.275 e. The van der Waals surface area contributed by atoms with E-state index in [0.29, 0.717) is 13.1 Å². The monoisotopic (exact) mass is 366 g/mol. The average molecular weight is 366 g/mol. The number of amides is 1. The van der Waals surface area contributed by atoms with Gasteiger partial charge in [-0.15, -0.1) is 0 Å². The van der Waals surface area contributed by atoms with Gasteiger partial charge in [0.1, 0.15) is 6.54 Å². The Morgan fingerprint density at radius 2 is 2.04 bits per heavy atom. The highest BCUT2D eigenvalue weighted by Crippen LogP contribution is 2.32. The number of nitrogens with one attached hydrogen (secondary N) is 3. The van der Waals surface area contributed by atoms with Crippen LogP contribution in [0.2, 0.25) is 0 Å². The lowest BCUT2D eigenvalue weighted by atomic mass is 10.1. The molecule has 2 aromatic carbocycles. The molecule has 0 bridgehead atoms. The topological polar surface area (TPSA) is 67.8 Å². The third-order valence-corrected chi connectivity index (χ3v) is 4.80. The minimum Gasteiger partial charge on any atom is -0.454 e. The second kappa shape index (κ2) is 7.72. The highest BCUT2D eigenvalue weighted by atomic mass is 16.7. The molecule has 0 saturated heterocycles. The molecule has 6 heteroatoms. The number of aromatic amines is 1. The Bertz CT molecular complexity index is 951. The minimum atomic E-state index is 0.0630. The lowest BCUT2D eigenvalue weighted by molar-refractivity contribution is -0.885. The first-order chi connectivity index (χ1) is 13.2. The fourth-order valence-corrected chi connectivity index (χ4v) is 3.47. The number of benzene rings is 2. The van der Waals surface area contributed by atoms with Crippen LogP contribution in [0.15, 0.2) is 48.7 Å². The SMILES string of the molecule is C[NH+](CC(=O)NCCc1c[nH]c2ccccc12)Cc1ccc2c(c1)OCO2. The molecule has 2 heterocycles. The number of ether oxygens (including phenoxy) is 2. The van der Waals surface area contributed by atoms with Crippen LogP contribution in [0.3, 0.4) is 0 Å². The number of quaternary nitrogens is 1. The van der Waals surface area contributed by atoms with E-state index in [1.165, 1.54) is 10.9 Å². The van der Waals surface area contributed by atoms with Crippen LogP contribution in [0.5, 0.6) is 11.5 Å². The summed E-state index contributed by atoms with van der Waals surface area (Å²) in [4.78, 5) is 16.6. The predicted molar refractivity (Wildman–Crippen MR) is 103 cm³/mol. The van der Waals surface area contributed by atoms with E-state index in [0.717, 1.165) is 40.4 Å². The number of likely N-dealkylation sites (N-methyl/N-ethyl adjacent to an activating group) is 1. The summed E-state index contributed by atoms with van der Waals surface area (Å²) >= 11 is 0. The molecule has 27 heavy (non-hydrogen) atoms. The summed E-state index contributed by atoms with van der Waals surface area (Å²) in [5.74, 6) is 1.63. The zero-order chi connectivity index (χ0) is 18.6. The molecule has 1 atom stereocenters. The number of rotatable bonds is 7. The van der Waals surface area contributed by atoms with Gasteiger partial charge in [0.15, 0.2) is 18.0 Å². The van der Waals surface area contributed by atoms with Crippen LogP contribution >= 0.6 is 0 Å². The van der Waals surface area contributed by atoms with Gasteiger partial charge in [0, 0.05) is 29.2 Å². The van der Waals surface area contributed by atoms with Crippen molar-refractivity contribution < 1.29 is 19.2 Å². The van der Waals surface area contributed by atoms with Crippen molar-refractivity contribution in [1.82, 2.24) is 10.3 Å². The van der Waals surface area contributed by atoms with Crippen molar-refractivity contribution in [2.24, 2.45) is 0 Å². The number of fused-ring (bicyclic) bond motifs is 2. The Balaban J connectivity index is 1.24. The van der Waals surface area contributed by atoms with Crippen LogP contribution in [-0.2, 0) is 17.8 Å². The van der Waals surface area contributed by atoms with Gasteiger partial charge in [-0.3, -0.25) is 4.79 Å². The predicted octanol–water partition coefficient (Wildman–Crippen LogP) is 1.27. The Hall–Kier alpha value is -2.99. The first-order valence-corrected chi connectivity index (χ1v) is 9.20. The lowest BCUT2D eigenvalue weighted by Crippen LogP contribution is -3.08. The number of para-hydroxylation sites is 1. The van der Waals surface area contributed by atoms with Crippen LogP contribution in [0.4, 0.5) is 0 Å². The first-order valence-electron chi connectivity index (χ1n) is 9.20. The zero-order valence-electron chi connectivity index (χ0n) is 15.4. The summed E-state index contributed by atoms with van der Waals surface area (Å²) in [6.07, 6.45) is 2.84. The molecule has 0 radical (unpaired) electrons. The lowest BCUT2D eigenvalue weighted by Gasteiger charge is -2.14. The van der Waals surface area contributed by atoms with Crippen molar-refractivity contribution in [2.75, 3.05) is 26.9 Å². The molecular weight excluding hydrogens is 342 g/mol. The van der Waals surface area contributed by atoms with Crippen molar-refractivity contribution in [3.8, 4) is 11.5 Å². The maximum atomic E-state index is 12.2. The molecule has 3 aromatic rings. The van der Waals surface area contributed by atoms with Crippen LogP contribution in [0.1, 0.15) is 11.1 Å². The van der Waals surface area contributed by atoms with Gasteiger partial charge in [0.2, 0.25) is 6.79 Å². The number of H-pyrrole nitrogens is 1. The molecule has 6 nitrogen and oxygen atoms in total. The largest absolute Gasteiger partial charge is 0.454 e. The number of hydrogen-bond acceptors (Lipinski definition) is 3. The summed E-state index contributed by atoms with van der Waals surface area (Å²) in [5.41, 5.74) is 3.49. The third-order valence-electron chi connectivity index (χ3n) is 4.80. The molecule has 1 aliphatic rings. The summed E-state index contributed by atoms with van der Waals surface area (Å²) in [7, 11) is 2.02. The molecule has 1 aromatic heterocycles. The van der Waals surface area contributed by atoms with Crippen molar-refractivity contribution in [2.45, 2.75) is 13.0 Å². The number of carbonyl (C=O) groups excluding carboxylic acids is 1. The highest BCUT2D eigenvalue weighted by Gasteiger charge is 2.16. The van der Waals surface area contributed by atoms with Gasteiger partial charge in [-0.25, -0.2) is 0 Å². The van der Waals surface area contributed by atoms with Gasteiger partial charge < -0.3 is 24.7 Å². The van der Waals surface area contributed by atoms with E-state index < -0.39 is 0 Å². The molecule has 1 aliphatic heterocycles. The zero-order valence-corrected chi connectivity index (χ0v) is 15.4. The van der Waals surface area contributed by atoms with E-state index in [-0.39, 0.29) is 12.7 Å². The van der Waals surface area contributed by atoms with E-state index in [9.17, 15) is 4.79 Å². The highest BCUT2D eigenvalue weighted by molar-refractivity contribution is 5.83. The Morgan fingerprint density at radius 1 is 1.19 bits per heavy atom. The van der Waals surface area contributed by atoms with Crippen molar-refractivity contribution in [3.05, 3.63) is 59.8 Å². The normalized spacial score (nSPS) is 13.7. The Morgan fingerprint density at radius 3 is 2.96 bits per heavy atom. The average Bonchev–Trinajstić information content (AvgIpc) is 3.28. The number of carbonyl (C=O) groups is 1. The van der Waals surface area contributed by atoms with Gasteiger partial charge in [-0.05, 0) is 36.2 Å². The van der Waals surface area contributed by atoms with Crippen LogP contribution in [-0.4, -0.2) is 37.8 Å². The minimum absolute atomic E-state index is 0.0630. The molecule has 1 amide bonds. The van der Waals surface area contributed by atoms with Gasteiger partial charge >= 0.3 is 0 Å². The fraction of sp³-hybridized carbons (Fsp3) is 0.286. The molecular formula is C21H24N3O3+. The van der Waals surface area contributed by atoms with E-state index in [1.54, 1.807) is 0 Å². The van der Waals surface area contributed by atoms with Gasteiger partial charge in [0.05, 0.1) is 7.05 Å². The van der Waals surface area contributed by atoms with Gasteiger partial charge in [-0.1, -0.05) is 18.2 Å². The summed E-state index contributed by atoms with van der Waals surface area (Å²) in [6.45, 7) is 2.10. The molecule has 0 aliphatic carbocycles. The standard InChI is InChI=1S/C21H23N3O3/c1-24(12-15-6-7-19-20(10-15)27-14-26-19)13-21(25)22-9-8-16-11-23-18-5-3-2-4-17(16)18/h2-7,10-11,23H,8-9,12-14H2,1H3,(H,22,25)/p+1. The second-order valence-electron chi connectivity index (χ2n) is 6.96. The van der Waals surface area contributed by atoms with Crippen LogP contribution < -0.4 is 19.7 Å². The number of aromatic nitrogens is 1. The molecule has 1 unspecified atom stereocenters. The van der Waals surface area contributed by atoms with Crippen molar-refractivity contribution in [3.63, 3.8) is 0 Å². The molecule has 4 rings (SSSR count).